The number of fused-ring (bicyclic) bond motifs is 1. The van der Waals surface area contributed by atoms with Crippen LogP contribution in [0, 0.1) is 0 Å². The topological polar surface area (TPSA) is 35.5 Å². The van der Waals surface area contributed by atoms with Gasteiger partial charge in [0.25, 0.3) is 0 Å². The number of ether oxygens (including phenoxy) is 2. The van der Waals surface area contributed by atoms with Gasteiger partial charge in [-0.2, -0.15) is 0 Å². The summed E-state index contributed by atoms with van der Waals surface area (Å²) in [5.74, 6) is 1.48. The highest BCUT2D eigenvalue weighted by Crippen LogP contribution is 2.36. The van der Waals surface area contributed by atoms with E-state index in [1.807, 2.05) is 44.2 Å². The lowest BCUT2D eigenvalue weighted by atomic mass is 10.0. The number of rotatable bonds is 5. The second-order valence-corrected chi connectivity index (χ2v) is 4.25. The van der Waals surface area contributed by atoms with Gasteiger partial charge in [-0.25, -0.2) is 0 Å². The van der Waals surface area contributed by atoms with Gasteiger partial charge in [-0.15, -0.1) is 0 Å². The standard InChI is InChI=1S/C16H18O3/c1-4-18-15-9-8-12-6-7-13(11(3)17)10-14(12)16(15)19-5-2/h6-10H,4-5H2,1-3H3. The average Bonchev–Trinajstić information content (AvgIpc) is 2.41. The van der Waals surface area contributed by atoms with Gasteiger partial charge in [-0.3, -0.25) is 4.79 Å². The van der Waals surface area contributed by atoms with E-state index in [-0.39, 0.29) is 5.78 Å². The first-order valence-corrected chi connectivity index (χ1v) is 6.50. The molecule has 0 saturated carbocycles. The minimum absolute atomic E-state index is 0.0474. The van der Waals surface area contributed by atoms with Crippen LogP contribution < -0.4 is 9.47 Å². The Kier molecular flexibility index (Phi) is 4.05. The summed E-state index contributed by atoms with van der Waals surface area (Å²) in [7, 11) is 0. The quantitative estimate of drug-likeness (QED) is 0.764. The van der Waals surface area contributed by atoms with Gasteiger partial charge in [0, 0.05) is 10.9 Å². The van der Waals surface area contributed by atoms with Crippen LogP contribution in [0.25, 0.3) is 10.8 Å². The van der Waals surface area contributed by atoms with Crippen LogP contribution in [0.4, 0.5) is 0 Å². The molecule has 3 heteroatoms. The molecule has 19 heavy (non-hydrogen) atoms. The molecule has 2 aromatic carbocycles. The molecule has 2 aromatic rings. The molecule has 0 spiro atoms. The first kappa shape index (κ1) is 13.4. The minimum Gasteiger partial charge on any atom is -0.490 e. The summed E-state index contributed by atoms with van der Waals surface area (Å²) in [6.07, 6.45) is 0. The highest BCUT2D eigenvalue weighted by atomic mass is 16.5. The van der Waals surface area contributed by atoms with E-state index >= 15 is 0 Å². The smallest absolute Gasteiger partial charge is 0.168 e. The second kappa shape index (κ2) is 5.74. The van der Waals surface area contributed by atoms with Gasteiger partial charge < -0.3 is 9.47 Å². The summed E-state index contributed by atoms with van der Waals surface area (Å²) in [5, 5.41) is 1.96. The van der Waals surface area contributed by atoms with E-state index < -0.39 is 0 Å². The number of carbonyl (C=O) groups excluding carboxylic acids is 1. The normalized spacial score (nSPS) is 10.5. The molecule has 0 fully saturated rings. The Morgan fingerprint density at radius 1 is 1.05 bits per heavy atom. The lowest BCUT2D eigenvalue weighted by molar-refractivity contribution is 0.101. The van der Waals surface area contributed by atoms with Crippen LogP contribution in [-0.4, -0.2) is 19.0 Å². The fraction of sp³-hybridized carbons (Fsp3) is 0.312. The van der Waals surface area contributed by atoms with E-state index in [4.69, 9.17) is 9.47 Å². The summed E-state index contributed by atoms with van der Waals surface area (Å²) in [5.41, 5.74) is 0.683. The molecule has 0 radical (unpaired) electrons. The molecule has 0 aliphatic carbocycles. The molecule has 0 amide bonds. The van der Waals surface area contributed by atoms with Gasteiger partial charge in [0.15, 0.2) is 17.3 Å². The minimum atomic E-state index is 0.0474. The van der Waals surface area contributed by atoms with E-state index in [9.17, 15) is 4.79 Å². The average molecular weight is 258 g/mol. The Morgan fingerprint density at radius 3 is 2.37 bits per heavy atom. The predicted molar refractivity (Wildman–Crippen MR) is 76.3 cm³/mol. The zero-order valence-corrected chi connectivity index (χ0v) is 11.5. The maximum absolute atomic E-state index is 11.5. The molecule has 0 aliphatic heterocycles. The SMILES string of the molecule is CCOc1ccc2ccc(C(C)=O)cc2c1OCC. The molecule has 100 valence electrons. The van der Waals surface area contributed by atoms with Crippen molar-refractivity contribution in [1.82, 2.24) is 0 Å². The van der Waals surface area contributed by atoms with E-state index in [0.717, 1.165) is 16.5 Å². The van der Waals surface area contributed by atoms with Crippen LogP contribution in [-0.2, 0) is 0 Å². The van der Waals surface area contributed by atoms with E-state index in [0.29, 0.717) is 24.5 Å². The van der Waals surface area contributed by atoms with Crippen LogP contribution in [0.3, 0.4) is 0 Å². The van der Waals surface area contributed by atoms with Gasteiger partial charge in [0.05, 0.1) is 13.2 Å². The van der Waals surface area contributed by atoms with Gasteiger partial charge in [-0.1, -0.05) is 18.2 Å². The summed E-state index contributed by atoms with van der Waals surface area (Å²) >= 11 is 0. The third-order valence-electron chi connectivity index (χ3n) is 2.93. The summed E-state index contributed by atoms with van der Waals surface area (Å²) in [6, 6.07) is 9.52. The van der Waals surface area contributed by atoms with Gasteiger partial charge in [0.1, 0.15) is 0 Å². The Morgan fingerprint density at radius 2 is 1.74 bits per heavy atom. The molecule has 0 heterocycles. The molecule has 2 rings (SSSR count). The monoisotopic (exact) mass is 258 g/mol. The number of carbonyl (C=O) groups is 1. The summed E-state index contributed by atoms with van der Waals surface area (Å²) in [4.78, 5) is 11.5. The van der Waals surface area contributed by atoms with Gasteiger partial charge in [-0.05, 0) is 38.3 Å². The van der Waals surface area contributed by atoms with Crippen molar-refractivity contribution in [2.45, 2.75) is 20.8 Å². The van der Waals surface area contributed by atoms with E-state index in [2.05, 4.69) is 0 Å². The van der Waals surface area contributed by atoms with Gasteiger partial charge in [0.2, 0.25) is 0 Å². The maximum atomic E-state index is 11.5. The fourth-order valence-corrected chi connectivity index (χ4v) is 2.05. The van der Waals surface area contributed by atoms with Crippen molar-refractivity contribution in [3.8, 4) is 11.5 Å². The molecule has 0 saturated heterocycles. The van der Waals surface area contributed by atoms with Crippen molar-refractivity contribution in [3.63, 3.8) is 0 Å². The molecule has 3 nitrogen and oxygen atoms in total. The van der Waals surface area contributed by atoms with Crippen molar-refractivity contribution in [3.05, 3.63) is 35.9 Å². The fourth-order valence-electron chi connectivity index (χ4n) is 2.05. The Balaban J connectivity index is 2.66. The molecule has 0 bridgehead atoms. The summed E-state index contributed by atoms with van der Waals surface area (Å²) < 4.78 is 11.3. The van der Waals surface area contributed by atoms with Crippen molar-refractivity contribution >= 4 is 16.6 Å². The number of benzene rings is 2. The lowest BCUT2D eigenvalue weighted by Crippen LogP contribution is -2.00. The van der Waals surface area contributed by atoms with Crippen LogP contribution in [0.1, 0.15) is 31.1 Å². The molecular weight excluding hydrogens is 240 g/mol. The Hall–Kier alpha value is -2.03. The third kappa shape index (κ3) is 2.70. The summed E-state index contributed by atoms with van der Waals surface area (Å²) in [6.45, 7) is 6.57. The van der Waals surface area contributed by atoms with Crippen LogP contribution in [0.15, 0.2) is 30.3 Å². The number of hydrogen-bond acceptors (Lipinski definition) is 3. The van der Waals surface area contributed by atoms with Crippen LogP contribution >= 0.6 is 0 Å². The molecule has 0 N–H and O–H groups in total. The first-order valence-electron chi connectivity index (χ1n) is 6.50. The van der Waals surface area contributed by atoms with Crippen molar-refractivity contribution in [2.24, 2.45) is 0 Å². The molecule has 0 unspecified atom stereocenters. The molecule has 0 atom stereocenters. The third-order valence-corrected chi connectivity index (χ3v) is 2.93. The van der Waals surface area contributed by atoms with Crippen molar-refractivity contribution < 1.29 is 14.3 Å². The van der Waals surface area contributed by atoms with Crippen molar-refractivity contribution in [1.29, 1.82) is 0 Å². The Bertz CT molecular complexity index is 602. The highest BCUT2D eigenvalue weighted by molar-refractivity contribution is 6.00. The van der Waals surface area contributed by atoms with Crippen LogP contribution in [0.5, 0.6) is 11.5 Å². The molecule has 0 aromatic heterocycles. The van der Waals surface area contributed by atoms with E-state index in [1.54, 1.807) is 6.92 Å². The zero-order chi connectivity index (χ0) is 13.8. The number of ketones is 1. The largest absolute Gasteiger partial charge is 0.490 e. The zero-order valence-electron chi connectivity index (χ0n) is 11.5. The van der Waals surface area contributed by atoms with Crippen LogP contribution in [0.2, 0.25) is 0 Å². The molecular formula is C16H18O3. The first-order chi connectivity index (χ1) is 9.17. The second-order valence-electron chi connectivity index (χ2n) is 4.25. The van der Waals surface area contributed by atoms with Gasteiger partial charge >= 0.3 is 0 Å². The maximum Gasteiger partial charge on any atom is 0.168 e. The van der Waals surface area contributed by atoms with Crippen molar-refractivity contribution in [2.75, 3.05) is 13.2 Å². The predicted octanol–water partition coefficient (Wildman–Crippen LogP) is 3.84. The molecule has 0 aliphatic rings. The Labute approximate surface area is 113 Å². The lowest BCUT2D eigenvalue weighted by Gasteiger charge is -2.14. The number of hydrogen-bond donors (Lipinski definition) is 0. The number of Topliss-reactive ketones (excluding diaryl/α,β-unsaturated/α-hetero) is 1. The van der Waals surface area contributed by atoms with E-state index in [1.165, 1.54) is 0 Å². The highest BCUT2D eigenvalue weighted by Gasteiger charge is 2.11.